The highest BCUT2D eigenvalue weighted by Gasteiger charge is 2.62. The molecule has 120 valence electrons. The van der Waals surface area contributed by atoms with Crippen molar-refractivity contribution >= 4 is 11.6 Å². The normalized spacial score (nSPS) is 50.9. The summed E-state index contributed by atoms with van der Waals surface area (Å²) >= 11 is 0. The van der Waals surface area contributed by atoms with Gasteiger partial charge in [-0.05, 0) is 61.7 Å². The van der Waals surface area contributed by atoms with E-state index in [1.807, 2.05) is 6.92 Å². The van der Waals surface area contributed by atoms with Crippen LogP contribution in [-0.2, 0) is 9.59 Å². The number of carbonyl (C=O) groups excluding carboxylic acids is 2. The number of carbonyl (C=O) groups is 2. The molecule has 0 saturated heterocycles. The van der Waals surface area contributed by atoms with Crippen LogP contribution >= 0.6 is 0 Å². The van der Waals surface area contributed by atoms with Gasteiger partial charge in [0.25, 0.3) is 0 Å². The molecule has 1 N–H and O–H groups in total. The molecule has 0 aromatic heterocycles. The molecule has 4 aliphatic rings. The summed E-state index contributed by atoms with van der Waals surface area (Å²) < 4.78 is 0. The van der Waals surface area contributed by atoms with Crippen LogP contribution in [0.5, 0.6) is 0 Å². The lowest BCUT2D eigenvalue weighted by atomic mass is 9.45. The average molecular weight is 302 g/mol. The van der Waals surface area contributed by atoms with Crippen molar-refractivity contribution in [3.05, 3.63) is 11.8 Å². The molecule has 0 amide bonds. The van der Waals surface area contributed by atoms with E-state index in [1.54, 1.807) is 0 Å². The third-order valence-electron chi connectivity index (χ3n) is 7.85. The van der Waals surface area contributed by atoms with Gasteiger partial charge in [0.2, 0.25) is 5.78 Å². The number of Topliss-reactive ketones (excluding diaryl/α,β-unsaturated/α-hetero) is 1. The molecule has 3 fully saturated rings. The Morgan fingerprint density at radius 3 is 2.59 bits per heavy atom. The number of hydrogen-bond donors (Lipinski definition) is 1. The van der Waals surface area contributed by atoms with Gasteiger partial charge in [-0.15, -0.1) is 0 Å². The van der Waals surface area contributed by atoms with Gasteiger partial charge in [-0.3, -0.25) is 9.59 Å². The molecule has 0 radical (unpaired) electrons. The van der Waals surface area contributed by atoms with E-state index in [4.69, 9.17) is 0 Å². The van der Waals surface area contributed by atoms with Gasteiger partial charge in [0.05, 0.1) is 0 Å². The Morgan fingerprint density at radius 1 is 1.05 bits per heavy atom. The lowest BCUT2D eigenvalue weighted by Crippen LogP contribution is -2.57. The van der Waals surface area contributed by atoms with Crippen LogP contribution in [0.3, 0.4) is 0 Å². The van der Waals surface area contributed by atoms with E-state index in [9.17, 15) is 14.7 Å². The lowest BCUT2D eigenvalue weighted by molar-refractivity contribution is -0.156. The highest BCUT2D eigenvalue weighted by atomic mass is 16.3. The van der Waals surface area contributed by atoms with E-state index in [-0.39, 0.29) is 29.2 Å². The zero-order chi connectivity index (χ0) is 15.7. The van der Waals surface area contributed by atoms with Crippen molar-refractivity contribution in [2.24, 2.45) is 34.5 Å². The van der Waals surface area contributed by atoms with Crippen molar-refractivity contribution in [2.45, 2.75) is 58.8 Å². The topological polar surface area (TPSA) is 54.4 Å². The third-order valence-corrected chi connectivity index (χ3v) is 7.85. The second-order valence-corrected chi connectivity index (χ2v) is 8.64. The number of rotatable bonds is 0. The van der Waals surface area contributed by atoms with Crippen LogP contribution < -0.4 is 0 Å². The van der Waals surface area contributed by atoms with Gasteiger partial charge in [0, 0.05) is 17.4 Å². The van der Waals surface area contributed by atoms with Crippen molar-refractivity contribution < 1.29 is 14.7 Å². The number of allylic oxidation sites excluding steroid dienone is 2. The zero-order valence-electron chi connectivity index (χ0n) is 13.6. The lowest BCUT2D eigenvalue weighted by Gasteiger charge is -2.57. The molecule has 6 atom stereocenters. The minimum Gasteiger partial charge on any atom is -0.504 e. The average Bonchev–Trinajstić information content (AvgIpc) is 2.87. The molecule has 0 aliphatic heterocycles. The Balaban J connectivity index is 1.76. The molecule has 3 heteroatoms. The fourth-order valence-corrected chi connectivity index (χ4v) is 6.69. The molecule has 0 bridgehead atoms. The first kappa shape index (κ1) is 14.5. The highest BCUT2D eigenvalue weighted by molar-refractivity contribution is 6.11. The number of aliphatic hydroxyl groups is 1. The van der Waals surface area contributed by atoms with Crippen LogP contribution in [0.25, 0.3) is 0 Å². The first-order valence-electron chi connectivity index (χ1n) is 8.87. The first-order chi connectivity index (χ1) is 10.4. The second-order valence-electron chi connectivity index (χ2n) is 8.64. The van der Waals surface area contributed by atoms with E-state index in [2.05, 4.69) is 6.92 Å². The fourth-order valence-electron chi connectivity index (χ4n) is 6.69. The van der Waals surface area contributed by atoms with E-state index >= 15 is 0 Å². The summed E-state index contributed by atoms with van der Waals surface area (Å²) in [6, 6.07) is 0. The van der Waals surface area contributed by atoms with Crippen LogP contribution in [-0.4, -0.2) is 16.7 Å². The molecule has 0 spiro atoms. The summed E-state index contributed by atoms with van der Waals surface area (Å²) in [6.45, 7) is 4.40. The van der Waals surface area contributed by atoms with Gasteiger partial charge >= 0.3 is 0 Å². The predicted octanol–water partition coefficient (Wildman–Crippen LogP) is 3.83. The Kier molecular flexibility index (Phi) is 2.93. The van der Waals surface area contributed by atoms with Crippen LogP contribution in [0.15, 0.2) is 11.8 Å². The Hall–Kier alpha value is -1.12. The SMILES string of the molecule is C[C@@]12CCC[C@H]1[C@@H]1CCC3C(=O)C=C(O)C(=O)[C@]3(C)[C@H]1CC2. The molecule has 22 heavy (non-hydrogen) atoms. The van der Waals surface area contributed by atoms with Crippen LogP contribution in [0.2, 0.25) is 0 Å². The number of fused-ring (bicyclic) bond motifs is 5. The van der Waals surface area contributed by atoms with E-state index in [0.29, 0.717) is 17.3 Å². The Morgan fingerprint density at radius 2 is 1.82 bits per heavy atom. The molecule has 0 aromatic rings. The van der Waals surface area contributed by atoms with Crippen molar-refractivity contribution in [1.29, 1.82) is 0 Å². The summed E-state index contributed by atoms with van der Waals surface area (Å²) in [5.74, 6) is 0.832. The fraction of sp³-hybridized carbons (Fsp3) is 0.789. The molecule has 0 aromatic carbocycles. The molecular weight excluding hydrogens is 276 g/mol. The number of ketones is 2. The largest absolute Gasteiger partial charge is 0.504 e. The van der Waals surface area contributed by atoms with Crippen molar-refractivity contribution in [1.82, 2.24) is 0 Å². The minimum atomic E-state index is -0.664. The van der Waals surface area contributed by atoms with E-state index in [1.165, 1.54) is 31.8 Å². The monoisotopic (exact) mass is 302 g/mol. The van der Waals surface area contributed by atoms with Gasteiger partial charge in [0.1, 0.15) is 0 Å². The quantitative estimate of drug-likeness (QED) is 0.740. The van der Waals surface area contributed by atoms with Crippen molar-refractivity contribution in [3.63, 3.8) is 0 Å². The summed E-state index contributed by atoms with van der Waals surface area (Å²) in [4.78, 5) is 25.1. The highest BCUT2D eigenvalue weighted by Crippen LogP contribution is 2.64. The van der Waals surface area contributed by atoms with Gasteiger partial charge in [-0.25, -0.2) is 0 Å². The number of hydrogen-bond acceptors (Lipinski definition) is 3. The van der Waals surface area contributed by atoms with Gasteiger partial charge in [0.15, 0.2) is 11.5 Å². The molecule has 3 saturated carbocycles. The third kappa shape index (κ3) is 1.63. The molecule has 3 nitrogen and oxygen atoms in total. The van der Waals surface area contributed by atoms with Crippen molar-refractivity contribution in [2.75, 3.05) is 0 Å². The predicted molar refractivity (Wildman–Crippen MR) is 83.2 cm³/mol. The van der Waals surface area contributed by atoms with Crippen LogP contribution in [0.4, 0.5) is 0 Å². The zero-order valence-corrected chi connectivity index (χ0v) is 13.6. The standard InChI is InChI=1S/C19H26O3/c1-18-8-3-4-12(18)11-5-6-14-15(20)10-16(21)17(22)19(14,2)13(11)7-9-18/h10-14,21H,3-9H2,1-2H3/t11-,12-,13-,14?,18-,19+/m0/s1. The maximum absolute atomic E-state index is 12.8. The molecule has 1 unspecified atom stereocenters. The molecular formula is C19H26O3. The Labute approximate surface area is 132 Å². The molecule has 4 aliphatic carbocycles. The number of aliphatic hydroxyl groups excluding tert-OH is 1. The van der Waals surface area contributed by atoms with Crippen LogP contribution in [0.1, 0.15) is 58.8 Å². The smallest absolute Gasteiger partial charge is 0.204 e. The van der Waals surface area contributed by atoms with Crippen LogP contribution in [0, 0.1) is 34.5 Å². The van der Waals surface area contributed by atoms with E-state index < -0.39 is 5.41 Å². The van der Waals surface area contributed by atoms with E-state index in [0.717, 1.165) is 19.3 Å². The van der Waals surface area contributed by atoms with Gasteiger partial charge in [-0.2, -0.15) is 0 Å². The first-order valence-corrected chi connectivity index (χ1v) is 8.87. The van der Waals surface area contributed by atoms with Gasteiger partial charge in [-0.1, -0.05) is 20.3 Å². The summed E-state index contributed by atoms with van der Waals surface area (Å²) in [5, 5.41) is 9.97. The molecule has 0 heterocycles. The second kappa shape index (κ2) is 4.46. The van der Waals surface area contributed by atoms with Gasteiger partial charge < -0.3 is 5.11 Å². The summed E-state index contributed by atoms with van der Waals surface area (Å²) in [6.07, 6.45) is 9.20. The maximum Gasteiger partial charge on any atom is 0.204 e. The Bertz CT molecular complexity index is 577. The van der Waals surface area contributed by atoms with Crippen molar-refractivity contribution in [3.8, 4) is 0 Å². The minimum absolute atomic E-state index is 0.0298. The summed E-state index contributed by atoms with van der Waals surface area (Å²) in [5.41, 5.74) is -0.216. The molecule has 4 rings (SSSR count). The maximum atomic E-state index is 12.8. The summed E-state index contributed by atoms with van der Waals surface area (Å²) in [7, 11) is 0.